The summed E-state index contributed by atoms with van der Waals surface area (Å²) in [4.78, 5) is 17.0. The zero-order valence-corrected chi connectivity index (χ0v) is 21.9. The van der Waals surface area contributed by atoms with Crippen molar-refractivity contribution < 1.29 is 19.0 Å². The molecule has 0 unspecified atom stereocenters. The van der Waals surface area contributed by atoms with Crippen molar-refractivity contribution in [2.75, 3.05) is 32.2 Å². The topological polar surface area (TPSA) is 93.2 Å². The second kappa shape index (κ2) is 12.5. The van der Waals surface area contributed by atoms with Gasteiger partial charge in [0.05, 0.1) is 33.4 Å². The lowest BCUT2D eigenvalue weighted by Crippen LogP contribution is -2.46. The highest BCUT2D eigenvalue weighted by Gasteiger charge is 2.15. The number of aliphatic imine (C=N–C) groups is 1. The molecule has 1 heterocycles. The van der Waals surface area contributed by atoms with E-state index in [0.29, 0.717) is 31.5 Å². The predicted molar refractivity (Wildman–Crippen MR) is 141 cm³/mol. The van der Waals surface area contributed by atoms with E-state index in [1.54, 1.807) is 7.11 Å². The number of anilines is 1. The summed E-state index contributed by atoms with van der Waals surface area (Å²) in [6.45, 7) is 7.53. The van der Waals surface area contributed by atoms with Gasteiger partial charge in [0, 0.05) is 29.3 Å². The third kappa shape index (κ3) is 8.64. The first-order valence-corrected chi connectivity index (χ1v) is 10.7. The largest absolute Gasteiger partial charge is 0.496 e. The summed E-state index contributed by atoms with van der Waals surface area (Å²) in [5.74, 6) is 2.51. The van der Waals surface area contributed by atoms with E-state index in [-0.39, 0.29) is 42.0 Å². The van der Waals surface area contributed by atoms with Crippen LogP contribution < -0.4 is 30.2 Å². The van der Waals surface area contributed by atoms with Gasteiger partial charge in [-0.1, -0.05) is 18.2 Å². The Balaban J connectivity index is 0.00000385. The first-order chi connectivity index (χ1) is 15.3. The lowest BCUT2D eigenvalue weighted by atomic mass is 10.1. The highest BCUT2D eigenvalue weighted by atomic mass is 127. The van der Waals surface area contributed by atoms with Crippen molar-refractivity contribution in [2.24, 2.45) is 4.99 Å². The fourth-order valence-electron chi connectivity index (χ4n) is 3.14. The number of para-hydroxylation sites is 1. The molecule has 3 N–H and O–H groups in total. The lowest BCUT2D eigenvalue weighted by molar-refractivity contribution is -0.121. The molecule has 0 radical (unpaired) electrons. The molecule has 9 heteroatoms. The zero-order chi connectivity index (χ0) is 23.0. The monoisotopic (exact) mass is 568 g/mol. The van der Waals surface area contributed by atoms with Crippen LogP contribution in [-0.2, 0) is 11.3 Å². The Morgan fingerprint density at radius 3 is 2.55 bits per heavy atom. The molecule has 0 atom stereocenters. The van der Waals surface area contributed by atoms with Gasteiger partial charge in [-0.05, 0) is 39.0 Å². The lowest BCUT2D eigenvalue weighted by Gasteiger charge is -2.21. The van der Waals surface area contributed by atoms with Gasteiger partial charge in [0.25, 0.3) is 0 Å². The van der Waals surface area contributed by atoms with Crippen molar-refractivity contribution in [3.63, 3.8) is 0 Å². The molecule has 0 spiro atoms. The third-order valence-corrected chi connectivity index (χ3v) is 4.54. The number of hydrogen-bond acceptors (Lipinski definition) is 5. The number of hydrogen-bond donors (Lipinski definition) is 3. The summed E-state index contributed by atoms with van der Waals surface area (Å²) in [5.41, 5.74) is 1.40. The van der Waals surface area contributed by atoms with Gasteiger partial charge in [-0.15, -0.1) is 24.0 Å². The molecule has 33 heavy (non-hydrogen) atoms. The summed E-state index contributed by atoms with van der Waals surface area (Å²) in [6.07, 6.45) is 0.841. The minimum absolute atomic E-state index is 0. The maximum absolute atomic E-state index is 12.3. The highest BCUT2D eigenvalue weighted by molar-refractivity contribution is 14.0. The highest BCUT2D eigenvalue weighted by Crippen LogP contribution is 2.32. The molecule has 0 bridgehead atoms. The van der Waals surface area contributed by atoms with Crippen LogP contribution in [0.4, 0.5) is 5.69 Å². The molecule has 2 aromatic rings. The number of benzene rings is 2. The van der Waals surface area contributed by atoms with E-state index in [0.717, 1.165) is 29.2 Å². The summed E-state index contributed by atoms with van der Waals surface area (Å²) in [6, 6.07) is 13.3. The number of fused-ring (bicyclic) bond motifs is 1. The molecule has 1 aliphatic rings. The van der Waals surface area contributed by atoms with Crippen LogP contribution >= 0.6 is 24.0 Å². The molecule has 180 valence electrons. The Morgan fingerprint density at radius 2 is 1.82 bits per heavy atom. The maximum Gasteiger partial charge on any atom is 0.239 e. The first kappa shape index (κ1) is 26.6. The molecule has 0 saturated carbocycles. The summed E-state index contributed by atoms with van der Waals surface area (Å²) in [7, 11) is 1.63. The molecule has 0 aliphatic carbocycles. The quantitative estimate of drug-likeness (QED) is 0.278. The van der Waals surface area contributed by atoms with Gasteiger partial charge < -0.3 is 30.2 Å². The third-order valence-electron chi connectivity index (χ3n) is 4.54. The molecular weight excluding hydrogens is 535 g/mol. The molecule has 0 fully saturated rings. The standard InChI is InChI=1S/C24H32N4O4.HI/c1-24(2,3)28-22(29)16-26-23(25-15-17-8-5-6-9-19(17)30-4)27-18-10-11-20-21(14-18)32-13-7-12-31-20;/h5-6,8-11,14H,7,12-13,15-16H2,1-4H3,(H,28,29)(H2,25,26,27);1H. The fourth-order valence-corrected chi connectivity index (χ4v) is 3.14. The summed E-state index contributed by atoms with van der Waals surface area (Å²) >= 11 is 0. The van der Waals surface area contributed by atoms with Crippen LogP contribution in [-0.4, -0.2) is 44.3 Å². The van der Waals surface area contributed by atoms with E-state index in [2.05, 4.69) is 20.9 Å². The first-order valence-electron chi connectivity index (χ1n) is 10.7. The van der Waals surface area contributed by atoms with E-state index in [4.69, 9.17) is 14.2 Å². The predicted octanol–water partition coefficient (Wildman–Crippen LogP) is 3.95. The van der Waals surface area contributed by atoms with E-state index >= 15 is 0 Å². The second-order valence-electron chi connectivity index (χ2n) is 8.47. The van der Waals surface area contributed by atoms with Crippen LogP contribution in [0.15, 0.2) is 47.5 Å². The van der Waals surface area contributed by atoms with Crippen LogP contribution in [0, 0.1) is 0 Å². The number of nitrogens with one attached hydrogen (secondary N) is 3. The smallest absolute Gasteiger partial charge is 0.239 e. The maximum atomic E-state index is 12.3. The molecular formula is C24H33IN4O4. The number of carbonyl (C=O) groups excluding carboxylic acids is 1. The van der Waals surface area contributed by atoms with Crippen molar-refractivity contribution in [1.29, 1.82) is 0 Å². The number of rotatable bonds is 6. The molecule has 2 aromatic carbocycles. The van der Waals surface area contributed by atoms with Crippen LogP contribution in [0.1, 0.15) is 32.8 Å². The minimum Gasteiger partial charge on any atom is -0.496 e. The summed E-state index contributed by atoms with van der Waals surface area (Å²) in [5, 5.41) is 9.30. The van der Waals surface area contributed by atoms with Crippen LogP contribution in [0.5, 0.6) is 17.2 Å². The van der Waals surface area contributed by atoms with Gasteiger partial charge in [-0.3, -0.25) is 4.79 Å². The number of amides is 1. The molecule has 3 rings (SSSR count). The molecule has 8 nitrogen and oxygen atoms in total. The SMILES string of the molecule is COc1ccccc1CN=C(NCC(=O)NC(C)(C)C)Nc1ccc2c(c1)OCCCO2.I. The number of methoxy groups -OCH3 is 1. The number of nitrogens with zero attached hydrogens (tertiary/aromatic N) is 1. The van der Waals surface area contributed by atoms with Gasteiger partial charge in [0.2, 0.25) is 5.91 Å². The van der Waals surface area contributed by atoms with Crippen molar-refractivity contribution in [3.8, 4) is 17.2 Å². The van der Waals surface area contributed by atoms with Crippen molar-refractivity contribution >= 4 is 41.5 Å². The van der Waals surface area contributed by atoms with E-state index < -0.39 is 0 Å². The van der Waals surface area contributed by atoms with Gasteiger partial charge in [0.15, 0.2) is 17.5 Å². The summed E-state index contributed by atoms with van der Waals surface area (Å²) < 4.78 is 16.9. The average molecular weight is 568 g/mol. The van der Waals surface area contributed by atoms with Crippen LogP contribution in [0.25, 0.3) is 0 Å². The minimum atomic E-state index is -0.310. The van der Waals surface area contributed by atoms with Crippen molar-refractivity contribution in [3.05, 3.63) is 48.0 Å². The molecule has 1 aliphatic heterocycles. The van der Waals surface area contributed by atoms with Crippen molar-refractivity contribution in [2.45, 2.75) is 39.3 Å². The molecule has 1 amide bonds. The average Bonchev–Trinajstić information content (AvgIpc) is 2.99. The number of ether oxygens (including phenoxy) is 3. The van der Waals surface area contributed by atoms with Gasteiger partial charge >= 0.3 is 0 Å². The van der Waals surface area contributed by atoms with E-state index in [1.807, 2.05) is 63.2 Å². The van der Waals surface area contributed by atoms with E-state index in [1.165, 1.54) is 0 Å². The number of guanidine groups is 1. The Labute approximate surface area is 212 Å². The number of carbonyl (C=O) groups is 1. The Morgan fingerprint density at radius 1 is 1.09 bits per heavy atom. The Kier molecular flexibility index (Phi) is 10.1. The fraction of sp³-hybridized carbons (Fsp3) is 0.417. The Bertz CT molecular complexity index is 960. The normalized spacial score (nSPS) is 13.3. The number of halogens is 1. The van der Waals surface area contributed by atoms with Gasteiger partial charge in [-0.2, -0.15) is 0 Å². The molecule has 0 saturated heterocycles. The van der Waals surface area contributed by atoms with Crippen LogP contribution in [0.2, 0.25) is 0 Å². The van der Waals surface area contributed by atoms with Crippen LogP contribution in [0.3, 0.4) is 0 Å². The second-order valence-corrected chi connectivity index (χ2v) is 8.47. The Hall–Kier alpha value is -2.69. The van der Waals surface area contributed by atoms with Gasteiger partial charge in [-0.25, -0.2) is 4.99 Å². The van der Waals surface area contributed by atoms with Crippen molar-refractivity contribution in [1.82, 2.24) is 10.6 Å². The molecule has 0 aromatic heterocycles. The zero-order valence-electron chi connectivity index (χ0n) is 19.6. The van der Waals surface area contributed by atoms with E-state index in [9.17, 15) is 4.79 Å². The van der Waals surface area contributed by atoms with Gasteiger partial charge in [0.1, 0.15) is 5.75 Å².